The summed E-state index contributed by atoms with van der Waals surface area (Å²) < 4.78 is 0. The maximum Gasteiger partial charge on any atom is 0.308 e. The first-order chi connectivity index (χ1) is 11.5. The maximum absolute atomic E-state index is 12.6. The van der Waals surface area contributed by atoms with Crippen LogP contribution < -0.4 is 11.1 Å². The van der Waals surface area contributed by atoms with Crippen LogP contribution in [-0.4, -0.2) is 40.0 Å². The second-order valence-electron chi connectivity index (χ2n) is 8.05. The number of primary amides is 1. The SMILES string of the molecule is CC1CC(NC(=O)C2C(C(=O)O)C(C(N)=O)C2C(=O)O)CCC1(C)C. The highest BCUT2D eigenvalue weighted by atomic mass is 16.4. The lowest BCUT2D eigenvalue weighted by Crippen LogP contribution is -2.64. The number of carbonyl (C=O) groups is 4. The van der Waals surface area contributed by atoms with Crippen LogP contribution in [0.4, 0.5) is 0 Å². The lowest BCUT2D eigenvalue weighted by molar-refractivity contribution is -0.180. The minimum Gasteiger partial charge on any atom is -0.481 e. The van der Waals surface area contributed by atoms with Crippen LogP contribution in [0.25, 0.3) is 0 Å². The molecule has 2 fully saturated rings. The molecule has 5 N–H and O–H groups in total. The van der Waals surface area contributed by atoms with Gasteiger partial charge in [-0.2, -0.15) is 0 Å². The highest BCUT2D eigenvalue weighted by Gasteiger charge is 2.63. The highest BCUT2D eigenvalue weighted by molar-refractivity contribution is 5.99. The average Bonchev–Trinajstić information content (AvgIpc) is 2.40. The molecule has 4 unspecified atom stereocenters. The number of nitrogens with one attached hydrogen (secondary N) is 1. The van der Waals surface area contributed by atoms with Crippen LogP contribution in [0.5, 0.6) is 0 Å². The number of hydrogen-bond acceptors (Lipinski definition) is 4. The molecule has 140 valence electrons. The van der Waals surface area contributed by atoms with Gasteiger partial charge >= 0.3 is 11.9 Å². The topological polar surface area (TPSA) is 147 Å². The van der Waals surface area contributed by atoms with Crippen LogP contribution in [-0.2, 0) is 19.2 Å². The first-order valence-corrected chi connectivity index (χ1v) is 8.52. The Labute approximate surface area is 146 Å². The molecule has 2 aliphatic rings. The van der Waals surface area contributed by atoms with E-state index in [0.29, 0.717) is 5.92 Å². The summed E-state index contributed by atoms with van der Waals surface area (Å²) in [5.74, 6) is -9.43. The van der Waals surface area contributed by atoms with Crippen molar-refractivity contribution in [1.82, 2.24) is 5.32 Å². The van der Waals surface area contributed by atoms with Crippen molar-refractivity contribution in [2.75, 3.05) is 0 Å². The lowest BCUT2D eigenvalue weighted by atomic mass is 9.55. The second-order valence-corrected chi connectivity index (χ2v) is 8.05. The zero-order valence-electron chi connectivity index (χ0n) is 14.7. The number of carbonyl (C=O) groups excluding carboxylic acids is 2. The van der Waals surface area contributed by atoms with E-state index in [1.54, 1.807) is 0 Å². The number of aliphatic carboxylic acids is 2. The third kappa shape index (κ3) is 3.48. The van der Waals surface area contributed by atoms with E-state index in [1.165, 1.54) is 0 Å². The van der Waals surface area contributed by atoms with Gasteiger partial charge < -0.3 is 21.3 Å². The summed E-state index contributed by atoms with van der Waals surface area (Å²) in [4.78, 5) is 46.9. The van der Waals surface area contributed by atoms with Crippen LogP contribution in [0.15, 0.2) is 0 Å². The summed E-state index contributed by atoms with van der Waals surface area (Å²) in [6.45, 7) is 6.44. The Morgan fingerprint density at radius 1 is 1.00 bits per heavy atom. The molecule has 2 rings (SSSR count). The number of carboxylic acids is 2. The fourth-order valence-corrected chi connectivity index (χ4v) is 4.13. The Balaban J connectivity index is 2.12. The monoisotopic (exact) mass is 354 g/mol. The molecule has 0 bridgehead atoms. The van der Waals surface area contributed by atoms with E-state index in [-0.39, 0.29) is 11.5 Å². The molecular formula is C17H26N2O6. The van der Waals surface area contributed by atoms with Gasteiger partial charge in [0, 0.05) is 6.04 Å². The van der Waals surface area contributed by atoms with Crippen molar-refractivity contribution in [3.05, 3.63) is 0 Å². The summed E-state index contributed by atoms with van der Waals surface area (Å²) in [6, 6.07) is -0.118. The maximum atomic E-state index is 12.6. The first kappa shape index (κ1) is 19.2. The third-order valence-electron chi connectivity index (χ3n) is 6.20. The standard InChI is InChI=1S/C17H26N2O6/c1-7-6-8(4-5-17(7,2)3)19-14(21)10-11(15(22)23)9(13(18)20)12(10)16(24)25/h7-12H,4-6H2,1-3H3,(H2,18,20)(H,19,21)(H,22,23)(H,24,25). The van der Waals surface area contributed by atoms with Gasteiger partial charge in [0.2, 0.25) is 11.8 Å². The quantitative estimate of drug-likeness (QED) is 0.563. The molecule has 2 saturated carbocycles. The molecule has 0 radical (unpaired) electrons. The Morgan fingerprint density at radius 3 is 1.92 bits per heavy atom. The third-order valence-corrected chi connectivity index (χ3v) is 6.20. The number of nitrogens with two attached hydrogens (primary N) is 1. The van der Waals surface area contributed by atoms with Crippen LogP contribution in [0, 0.1) is 35.0 Å². The molecular weight excluding hydrogens is 328 g/mol. The predicted octanol–water partition coefficient (Wildman–Crippen LogP) is 0.450. The number of carboxylic acid groups (broad SMARTS) is 2. The van der Waals surface area contributed by atoms with Crippen molar-refractivity contribution < 1.29 is 29.4 Å². The van der Waals surface area contributed by atoms with Crippen molar-refractivity contribution in [1.29, 1.82) is 0 Å². The van der Waals surface area contributed by atoms with Gasteiger partial charge in [-0.25, -0.2) is 0 Å². The van der Waals surface area contributed by atoms with E-state index in [0.717, 1.165) is 19.3 Å². The van der Waals surface area contributed by atoms with E-state index < -0.39 is 47.4 Å². The van der Waals surface area contributed by atoms with Gasteiger partial charge in [-0.05, 0) is 30.6 Å². The summed E-state index contributed by atoms with van der Waals surface area (Å²) in [5, 5.41) is 21.4. The van der Waals surface area contributed by atoms with Crippen LogP contribution in [0.3, 0.4) is 0 Å². The molecule has 8 nitrogen and oxygen atoms in total. The normalized spacial score (nSPS) is 36.8. The minimum absolute atomic E-state index is 0.118. The molecule has 8 heteroatoms. The van der Waals surface area contributed by atoms with Crippen LogP contribution in [0.1, 0.15) is 40.0 Å². The Kier molecular flexibility index (Phi) is 5.11. The van der Waals surface area contributed by atoms with Crippen molar-refractivity contribution in [3.8, 4) is 0 Å². The Morgan fingerprint density at radius 2 is 1.52 bits per heavy atom. The van der Waals surface area contributed by atoms with E-state index in [4.69, 9.17) is 5.73 Å². The lowest BCUT2D eigenvalue weighted by Gasteiger charge is -2.46. The molecule has 0 heterocycles. The minimum atomic E-state index is -1.39. The molecule has 0 aliphatic heterocycles. The van der Waals surface area contributed by atoms with E-state index in [9.17, 15) is 29.4 Å². The van der Waals surface area contributed by atoms with Gasteiger partial charge in [0.1, 0.15) is 0 Å². The molecule has 0 aromatic carbocycles. The molecule has 0 spiro atoms. The van der Waals surface area contributed by atoms with E-state index in [1.807, 2.05) is 0 Å². The first-order valence-electron chi connectivity index (χ1n) is 8.52. The van der Waals surface area contributed by atoms with Crippen molar-refractivity contribution >= 4 is 23.8 Å². The van der Waals surface area contributed by atoms with Crippen molar-refractivity contribution in [3.63, 3.8) is 0 Å². The summed E-state index contributed by atoms with van der Waals surface area (Å²) in [5.41, 5.74) is 5.32. The summed E-state index contributed by atoms with van der Waals surface area (Å²) in [7, 11) is 0. The van der Waals surface area contributed by atoms with Gasteiger partial charge in [-0.3, -0.25) is 19.2 Å². The smallest absolute Gasteiger partial charge is 0.308 e. The molecule has 0 aromatic heterocycles. The summed E-state index contributed by atoms with van der Waals surface area (Å²) in [6.07, 6.45) is 2.42. The average molecular weight is 354 g/mol. The van der Waals surface area contributed by atoms with E-state index in [2.05, 4.69) is 26.1 Å². The largest absolute Gasteiger partial charge is 0.481 e. The zero-order valence-corrected chi connectivity index (χ0v) is 14.7. The predicted molar refractivity (Wildman–Crippen MR) is 87.2 cm³/mol. The van der Waals surface area contributed by atoms with Gasteiger partial charge in [0.05, 0.1) is 23.7 Å². The molecule has 4 atom stereocenters. The molecule has 2 amide bonds. The van der Waals surface area contributed by atoms with Crippen LogP contribution in [0.2, 0.25) is 0 Å². The summed E-state index contributed by atoms with van der Waals surface area (Å²) >= 11 is 0. The van der Waals surface area contributed by atoms with Crippen LogP contribution >= 0.6 is 0 Å². The zero-order chi connectivity index (χ0) is 19.1. The molecule has 2 aliphatic carbocycles. The number of rotatable bonds is 5. The molecule has 0 saturated heterocycles. The van der Waals surface area contributed by atoms with Gasteiger partial charge in [-0.15, -0.1) is 0 Å². The Hall–Kier alpha value is -2.12. The second kappa shape index (κ2) is 6.65. The molecule has 0 aromatic rings. The van der Waals surface area contributed by atoms with Crippen molar-refractivity contribution in [2.45, 2.75) is 46.1 Å². The van der Waals surface area contributed by atoms with Crippen molar-refractivity contribution in [2.24, 2.45) is 40.7 Å². The van der Waals surface area contributed by atoms with E-state index >= 15 is 0 Å². The highest BCUT2D eigenvalue weighted by Crippen LogP contribution is 2.47. The Bertz CT molecular complexity index is 580. The fourth-order valence-electron chi connectivity index (χ4n) is 4.13. The fraction of sp³-hybridized carbons (Fsp3) is 0.765. The number of amides is 2. The van der Waals surface area contributed by atoms with Gasteiger partial charge in [0.25, 0.3) is 0 Å². The molecule has 25 heavy (non-hydrogen) atoms. The number of hydrogen-bond donors (Lipinski definition) is 4. The van der Waals surface area contributed by atoms with Gasteiger partial charge in [-0.1, -0.05) is 20.8 Å². The van der Waals surface area contributed by atoms with Gasteiger partial charge in [0.15, 0.2) is 0 Å².